The minimum absolute atomic E-state index is 0.00834. The summed E-state index contributed by atoms with van der Waals surface area (Å²) in [5.74, 6) is 0.113. The SMILES string of the molecule is CCCCCCC(CCCC)C(=O)OCCCCN(CCCCOC(=O)C(CCCC)CCCCCC)CCN1CCN(CCNC(=O)OC(C)(C)C)CC1. The molecule has 1 rings (SSSR count). The van der Waals surface area contributed by atoms with Crippen molar-refractivity contribution in [3.05, 3.63) is 0 Å². The van der Waals surface area contributed by atoms with E-state index in [2.05, 4.69) is 47.7 Å². The molecule has 0 aliphatic carbocycles. The van der Waals surface area contributed by atoms with Crippen molar-refractivity contribution in [3.8, 4) is 0 Å². The first kappa shape index (κ1) is 51.1. The van der Waals surface area contributed by atoms with Crippen LogP contribution in [0.3, 0.4) is 0 Å². The van der Waals surface area contributed by atoms with E-state index in [1.54, 1.807) is 0 Å². The quantitative estimate of drug-likeness (QED) is 0.0389. The predicted molar refractivity (Wildman–Crippen MR) is 227 cm³/mol. The summed E-state index contributed by atoms with van der Waals surface area (Å²) >= 11 is 0. The number of piperazine rings is 1. The molecule has 0 aromatic carbocycles. The Labute approximate surface area is 338 Å². The molecule has 10 heteroatoms. The fraction of sp³-hybridized carbons (Fsp3) is 0.933. The van der Waals surface area contributed by atoms with Crippen molar-refractivity contribution in [1.29, 1.82) is 0 Å². The molecule has 10 nitrogen and oxygen atoms in total. The lowest BCUT2D eigenvalue weighted by atomic mass is 9.95. The van der Waals surface area contributed by atoms with Crippen LogP contribution in [0.15, 0.2) is 0 Å². The number of ether oxygens (including phenoxy) is 3. The van der Waals surface area contributed by atoms with Crippen LogP contribution in [0, 0.1) is 11.8 Å². The number of amides is 1. The Morgan fingerprint density at radius 1 is 0.564 bits per heavy atom. The Bertz CT molecular complexity index is 906. The van der Waals surface area contributed by atoms with Crippen molar-refractivity contribution < 1.29 is 28.6 Å². The highest BCUT2D eigenvalue weighted by Gasteiger charge is 2.22. The molecular weight excluding hydrogens is 693 g/mol. The molecule has 0 saturated carbocycles. The molecule has 55 heavy (non-hydrogen) atoms. The molecule has 0 bridgehead atoms. The highest BCUT2D eigenvalue weighted by atomic mass is 16.6. The van der Waals surface area contributed by atoms with Gasteiger partial charge in [-0.2, -0.15) is 0 Å². The molecule has 1 heterocycles. The molecular formula is C45H88N4O6. The molecule has 1 fully saturated rings. The van der Waals surface area contributed by atoms with Gasteiger partial charge in [0.15, 0.2) is 0 Å². The van der Waals surface area contributed by atoms with Gasteiger partial charge in [0, 0.05) is 52.4 Å². The Balaban J connectivity index is 2.58. The number of alkyl carbamates (subject to hydrolysis) is 1. The molecule has 1 saturated heterocycles. The number of hydrogen-bond donors (Lipinski definition) is 1. The van der Waals surface area contributed by atoms with Crippen LogP contribution in [0.2, 0.25) is 0 Å². The van der Waals surface area contributed by atoms with E-state index in [4.69, 9.17) is 14.2 Å². The smallest absolute Gasteiger partial charge is 0.407 e. The Kier molecular flexibility index (Phi) is 30.8. The third-order valence-corrected chi connectivity index (χ3v) is 10.8. The number of hydrogen-bond acceptors (Lipinski definition) is 9. The number of carbonyl (C=O) groups excluding carboxylic acids is 3. The molecule has 1 N–H and O–H groups in total. The first-order valence-corrected chi connectivity index (χ1v) is 23.0. The van der Waals surface area contributed by atoms with E-state index in [9.17, 15) is 14.4 Å². The molecule has 2 unspecified atom stereocenters. The van der Waals surface area contributed by atoms with Crippen LogP contribution in [0.1, 0.15) is 177 Å². The average molecular weight is 781 g/mol. The summed E-state index contributed by atoms with van der Waals surface area (Å²) in [6, 6.07) is 0. The van der Waals surface area contributed by atoms with Crippen LogP contribution in [0.4, 0.5) is 4.79 Å². The van der Waals surface area contributed by atoms with Gasteiger partial charge in [-0.25, -0.2) is 4.79 Å². The fourth-order valence-corrected chi connectivity index (χ4v) is 7.24. The monoisotopic (exact) mass is 781 g/mol. The van der Waals surface area contributed by atoms with Crippen molar-refractivity contribution in [3.63, 3.8) is 0 Å². The summed E-state index contributed by atoms with van der Waals surface area (Å²) in [7, 11) is 0. The second-order valence-corrected chi connectivity index (χ2v) is 17.1. The first-order chi connectivity index (χ1) is 26.5. The topological polar surface area (TPSA) is 101 Å². The van der Waals surface area contributed by atoms with Crippen molar-refractivity contribution in [1.82, 2.24) is 20.0 Å². The van der Waals surface area contributed by atoms with Crippen molar-refractivity contribution in [2.75, 3.05) is 78.7 Å². The van der Waals surface area contributed by atoms with E-state index in [1.165, 1.54) is 38.5 Å². The molecule has 0 aromatic heterocycles. The zero-order valence-corrected chi connectivity index (χ0v) is 37.1. The van der Waals surface area contributed by atoms with E-state index >= 15 is 0 Å². The lowest BCUT2D eigenvalue weighted by Crippen LogP contribution is -2.50. The lowest BCUT2D eigenvalue weighted by molar-refractivity contribution is -0.150. The minimum Gasteiger partial charge on any atom is -0.465 e. The Hall–Kier alpha value is -1.91. The number of esters is 2. The van der Waals surface area contributed by atoms with Gasteiger partial charge < -0.3 is 24.4 Å². The maximum atomic E-state index is 13.0. The van der Waals surface area contributed by atoms with Crippen molar-refractivity contribution in [2.24, 2.45) is 11.8 Å². The normalized spacial score (nSPS) is 15.2. The van der Waals surface area contributed by atoms with E-state index in [-0.39, 0.29) is 29.9 Å². The summed E-state index contributed by atoms with van der Waals surface area (Å²) in [5, 5.41) is 2.88. The summed E-state index contributed by atoms with van der Waals surface area (Å²) < 4.78 is 17.0. The van der Waals surface area contributed by atoms with Crippen LogP contribution in [-0.4, -0.2) is 117 Å². The third kappa shape index (κ3) is 28.2. The second-order valence-electron chi connectivity index (χ2n) is 17.1. The van der Waals surface area contributed by atoms with Crippen LogP contribution >= 0.6 is 0 Å². The molecule has 0 radical (unpaired) electrons. The number of carbonyl (C=O) groups is 3. The second kappa shape index (κ2) is 33.1. The van der Waals surface area contributed by atoms with Crippen molar-refractivity contribution in [2.45, 2.75) is 182 Å². The zero-order chi connectivity index (χ0) is 40.6. The van der Waals surface area contributed by atoms with Gasteiger partial charge in [0.1, 0.15) is 5.60 Å². The largest absolute Gasteiger partial charge is 0.465 e. The number of unbranched alkanes of at least 4 members (excludes halogenated alkanes) is 10. The summed E-state index contributed by atoms with van der Waals surface area (Å²) in [6.45, 7) is 24.8. The fourth-order valence-electron chi connectivity index (χ4n) is 7.24. The van der Waals surface area contributed by atoms with E-state index in [0.717, 1.165) is 149 Å². The van der Waals surface area contributed by atoms with Gasteiger partial charge in [0.2, 0.25) is 0 Å². The molecule has 0 aromatic rings. The third-order valence-electron chi connectivity index (χ3n) is 10.8. The van der Waals surface area contributed by atoms with E-state index in [1.807, 2.05) is 20.8 Å². The van der Waals surface area contributed by atoms with Gasteiger partial charge in [-0.15, -0.1) is 0 Å². The van der Waals surface area contributed by atoms with E-state index < -0.39 is 5.60 Å². The predicted octanol–water partition coefficient (Wildman–Crippen LogP) is 9.63. The molecule has 0 spiro atoms. The van der Waals surface area contributed by atoms with Crippen LogP contribution < -0.4 is 5.32 Å². The van der Waals surface area contributed by atoms with E-state index in [0.29, 0.717) is 19.8 Å². The van der Waals surface area contributed by atoms with Crippen LogP contribution in [0.5, 0.6) is 0 Å². The highest BCUT2D eigenvalue weighted by molar-refractivity contribution is 5.72. The first-order valence-electron chi connectivity index (χ1n) is 23.0. The van der Waals surface area contributed by atoms with Crippen LogP contribution in [-0.2, 0) is 23.8 Å². The average Bonchev–Trinajstić information content (AvgIpc) is 3.15. The Morgan fingerprint density at radius 2 is 1.00 bits per heavy atom. The molecule has 1 aliphatic heterocycles. The van der Waals surface area contributed by atoms with Gasteiger partial charge >= 0.3 is 18.0 Å². The summed E-state index contributed by atoms with van der Waals surface area (Å²) in [6.07, 6.45) is 21.1. The van der Waals surface area contributed by atoms with Crippen molar-refractivity contribution >= 4 is 18.0 Å². The maximum Gasteiger partial charge on any atom is 0.407 e. The summed E-state index contributed by atoms with van der Waals surface area (Å²) in [4.78, 5) is 45.4. The van der Waals surface area contributed by atoms with Gasteiger partial charge in [0.25, 0.3) is 0 Å². The number of nitrogens with one attached hydrogen (secondary N) is 1. The zero-order valence-electron chi connectivity index (χ0n) is 37.1. The highest BCUT2D eigenvalue weighted by Crippen LogP contribution is 2.21. The molecule has 1 aliphatic rings. The minimum atomic E-state index is -0.487. The maximum absolute atomic E-state index is 13.0. The summed E-state index contributed by atoms with van der Waals surface area (Å²) in [5.41, 5.74) is -0.487. The van der Waals surface area contributed by atoms with Gasteiger partial charge in [0.05, 0.1) is 25.0 Å². The standard InChI is InChI=1S/C45H88N4O6/c1-8-12-16-18-26-40(24-14-10-3)42(50)53-38-22-20-29-47(30-21-23-39-54-43(51)41(25-15-11-4)27-19-17-13-9-2)32-35-49-36-33-48(34-37-49)31-28-46-44(52)55-45(5,6)7/h40-41H,8-39H2,1-7H3,(H,46,52). The van der Waals surface area contributed by atoms with Crippen LogP contribution in [0.25, 0.3) is 0 Å². The van der Waals surface area contributed by atoms with Gasteiger partial charge in [-0.05, 0) is 85.2 Å². The molecule has 324 valence electrons. The molecule has 1 amide bonds. The van der Waals surface area contributed by atoms with Gasteiger partial charge in [-0.3, -0.25) is 19.4 Å². The lowest BCUT2D eigenvalue weighted by Gasteiger charge is -2.36. The Morgan fingerprint density at radius 3 is 1.44 bits per heavy atom. The van der Waals surface area contributed by atoms with Gasteiger partial charge in [-0.1, -0.05) is 105 Å². The number of nitrogens with zero attached hydrogens (tertiary/aromatic N) is 3. The number of rotatable bonds is 34. The molecule has 2 atom stereocenters.